The minimum atomic E-state index is 0.365. The van der Waals surface area contributed by atoms with E-state index < -0.39 is 0 Å². The Morgan fingerprint density at radius 1 is 1.47 bits per heavy atom. The zero-order valence-corrected chi connectivity index (χ0v) is 9.37. The van der Waals surface area contributed by atoms with E-state index in [1.54, 1.807) is 0 Å². The maximum absolute atomic E-state index is 11.8. The lowest BCUT2D eigenvalue weighted by Crippen LogP contribution is -2.13. The average Bonchev–Trinajstić information content (AvgIpc) is 2.69. The Hall–Kier alpha value is -0.850. The van der Waals surface area contributed by atoms with E-state index in [9.17, 15) is 4.79 Å². The molecular weight excluding hydrogens is 184 g/mol. The second-order valence-electron chi connectivity index (χ2n) is 4.85. The quantitative estimate of drug-likeness (QED) is 0.639. The first-order chi connectivity index (χ1) is 7.31. The summed E-state index contributed by atoms with van der Waals surface area (Å²) in [6.45, 7) is 3.66. The first-order valence-corrected chi connectivity index (χ1v) is 6.16. The highest BCUT2D eigenvalue weighted by molar-refractivity contribution is 5.95. The Labute approximate surface area is 92.3 Å². The van der Waals surface area contributed by atoms with Crippen LogP contribution in [-0.2, 0) is 4.79 Å². The molecule has 0 aliphatic heterocycles. The fourth-order valence-corrected chi connectivity index (χ4v) is 2.92. The highest BCUT2D eigenvalue weighted by Crippen LogP contribution is 2.41. The number of allylic oxidation sites excluding steroid dienone is 3. The summed E-state index contributed by atoms with van der Waals surface area (Å²) in [6, 6.07) is 0. The number of hydrogen-bond acceptors (Lipinski definition) is 1. The first-order valence-electron chi connectivity index (χ1n) is 6.16. The lowest BCUT2D eigenvalue weighted by molar-refractivity contribution is -0.115. The van der Waals surface area contributed by atoms with Gasteiger partial charge in [-0.05, 0) is 43.1 Å². The van der Waals surface area contributed by atoms with Crippen LogP contribution in [0.1, 0.15) is 44.9 Å². The summed E-state index contributed by atoms with van der Waals surface area (Å²) in [5, 5.41) is 0. The van der Waals surface area contributed by atoms with Crippen LogP contribution in [0.2, 0.25) is 0 Å². The van der Waals surface area contributed by atoms with Crippen LogP contribution < -0.4 is 0 Å². The molecule has 2 unspecified atom stereocenters. The third-order valence-electron chi connectivity index (χ3n) is 3.80. The van der Waals surface area contributed by atoms with Gasteiger partial charge >= 0.3 is 0 Å². The molecule has 0 saturated heterocycles. The largest absolute Gasteiger partial charge is 0.295 e. The van der Waals surface area contributed by atoms with Crippen molar-refractivity contribution in [3.63, 3.8) is 0 Å². The predicted octanol–water partition coefficient (Wildman–Crippen LogP) is 3.66. The molecule has 0 spiro atoms. The summed E-state index contributed by atoms with van der Waals surface area (Å²) in [7, 11) is 0. The van der Waals surface area contributed by atoms with Gasteiger partial charge in [0.1, 0.15) is 0 Å². The molecule has 1 fully saturated rings. The number of rotatable bonds is 4. The van der Waals surface area contributed by atoms with Crippen LogP contribution in [0.5, 0.6) is 0 Å². The van der Waals surface area contributed by atoms with Crippen molar-refractivity contribution in [1.29, 1.82) is 0 Å². The Morgan fingerprint density at radius 2 is 2.27 bits per heavy atom. The summed E-state index contributed by atoms with van der Waals surface area (Å²) in [5.41, 5.74) is 1.12. The van der Waals surface area contributed by atoms with Gasteiger partial charge in [-0.2, -0.15) is 0 Å². The van der Waals surface area contributed by atoms with Crippen LogP contribution in [0.15, 0.2) is 24.3 Å². The van der Waals surface area contributed by atoms with E-state index in [0.29, 0.717) is 12.2 Å². The van der Waals surface area contributed by atoms with E-state index in [2.05, 4.69) is 12.7 Å². The Kier molecular flexibility index (Phi) is 3.40. The molecule has 0 aromatic heterocycles. The number of ketones is 1. The van der Waals surface area contributed by atoms with E-state index >= 15 is 0 Å². The van der Waals surface area contributed by atoms with Crippen LogP contribution in [0.25, 0.3) is 0 Å². The van der Waals surface area contributed by atoms with Crippen LogP contribution in [0, 0.1) is 11.8 Å². The molecule has 0 heterocycles. The lowest BCUT2D eigenvalue weighted by atomic mass is 9.81. The van der Waals surface area contributed by atoms with Crippen molar-refractivity contribution in [3.05, 3.63) is 24.3 Å². The second kappa shape index (κ2) is 4.78. The van der Waals surface area contributed by atoms with Crippen molar-refractivity contribution in [2.75, 3.05) is 0 Å². The van der Waals surface area contributed by atoms with Gasteiger partial charge in [-0.15, -0.1) is 6.58 Å². The Balaban J connectivity index is 1.93. The number of hydrogen-bond donors (Lipinski definition) is 0. The van der Waals surface area contributed by atoms with Gasteiger partial charge in [0, 0.05) is 6.42 Å². The van der Waals surface area contributed by atoms with Crippen molar-refractivity contribution in [1.82, 2.24) is 0 Å². The third kappa shape index (κ3) is 2.39. The summed E-state index contributed by atoms with van der Waals surface area (Å²) in [5.74, 6) is 1.88. The van der Waals surface area contributed by atoms with Gasteiger partial charge in [0.25, 0.3) is 0 Å². The van der Waals surface area contributed by atoms with E-state index in [1.165, 1.54) is 25.7 Å². The van der Waals surface area contributed by atoms with E-state index in [4.69, 9.17) is 0 Å². The molecule has 1 nitrogen and oxygen atoms in total. The van der Waals surface area contributed by atoms with Crippen molar-refractivity contribution in [2.24, 2.45) is 11.8 Å². The zero-order chi connectivity index (χ0) is 10.7. The van der Waals surface area contributed by atoms with E-state index in [0.717, 1.165) is 30.3 Å². The third-order valence-corrected chi connectivity index (χ3v) is 3.80. The smallest absolute Gasteiger partial charge is 0.158 e. The van der Waals surface area contributed by atoms with Crippen molar-refractivity contribution in [2.45, 2.75) is 44.9 Å². The molecule has 82 valence electrons. The SMILES string of the molecule is C=CCCC(=O)C1=CC2CCCCC2C1. The van der Waals surface area contributed by atoms with Gasteiger partial charge in [-0.1, -0.05) is 25.0 Å². The van der Waals surface area contributed by atoms with Gasteiger partial charge in [0.2, 0.25) is 0 Å². The standard InChI is InChI=1S/C14H20O/c1-2-3-8-14(15)13-9-11-6-4-5-7-12(11)10-13/h2,9,11-12H,1,3-8,10H2. The monoisotopic (exact) mass is 204 g/mol. The highest BCUT2D eigenvalue weighted by Gasteiger charge is 2.31. The molecule has 0 aromatic rings. The molecule has 0 bridgehead atoms. The molecule has 1 saturated carbocycles. The molecular formula is C14H20O. The number of fused-ring (bicyclic) bond motifs is 1. The molecule has 0 amide bonds. The average molecular weight is 204 g/mol. The second-order valence-corrected chi connectivity index (χ2v) is 4.85. The molecule has 2 rings (SSSR count). The maximum Gasteiger partial charge on any atom is 0.158 e. The molecule has 1 heteroatoms. The zero-order valence-electron chi connectivity index (χ0n) is 9.37. The normalized spacial score (nSPS) is 29.5. The molecule has 0 aromatic carbocycles. The minimum absolute atomic E-state index is 0.365. The summed E-state index contributed by atoms with van der Waals surface area (Å²) in [6.07, 6.45) is 12.0. The fraction of sp³-hybridized carbons (Fsp3) is 0.643. The Morgan fingerprint density at radius 3 is 3.00 bits per heavy atom. The maximum atomic E-state index is 11.8. The van der Waals surface area contributed by atoms with Gasteiger partial charge in [0.15, 0.2) is 5.78 Å². The molecule has 2 aliphatic carbocycles. The van der Waals surface area contributed by atoms with E-state index in [1.807, 2.05) is 6.08 Å². The highest BCUT2D eigenvalue weighted by atomic mass is 16.1. The summed E-state index contributed by atoms with van der Waals surface area (Å²) in [4.78, 5) is 11.8. The lowest BCUT2D eigenvalue weighted by Gasteiger charge is -2.24. The van der Waals surface area contributed by atoms with E-state index in [-0.39, 0.29) is 0 Å². The van der Waals surface area contributed by atoms with Crippen LogP contribution in [-0.4, -0.2) is 5.78 Å². The van der Waals surface area contributed by atoms with Crippen LogP contribution in [0.4, 0.5) is 0 Å². The first kappa shape index (κ1) is 10.7. The van der Waals surface area contributed by atoms with Crippen molar-refractivity contribution < 1.29 is 4.79 Å². The Bertz CT molecular complexity index is 288. The van der Waals surface area contributed by atoms with Gasteiger partial charge in [-0.3, -0.25) is 4.79 Å². The van der Waals surface area contributed by atoms with Gasteiger partial charge in [0.05, 0.1) is 0 Å². The minimum Gasteiger partial charge on any atom is -0.295 e. The molecule has 15 heavy (non-hydrogen) atoms. The van der Waals surface area contributed by atoms with Crippen LogP contribution >= 0.6 is 0 Å². The summed E-state index contributed by atoms with van der Waals surface area (Å²) < 4.78 is 0. The topological polar surface area (TPSA) is 17.1 Å². The molecule has 0 N–H and O–H groups in total. The molecule has 2 aliphatic rings. The fourth-order valence-electron chi connectivity index (χ4n) is 2.92. The number of carbonyl (C=O) groups excluding carboxylic acids is 1. The number of Topliss-reactive ketones (excluding diaryl/α,β-unsaturated/α-hetero) is 1. The van der Waals surface area contributed by atoms with Crippen molar-refractivity contribution in [3.8, 4) is 0 Å². The van der Waals surface area contributed by atoms with Crippen molar-refractivity contribution >= 4 is 5.78 Å². The summed E-state index contributed by atoms with van der Waals surface area (Å²) >= 11 is 0. The van der Waals surface area contributed by atoms with Gasteiger partial charge in [-0.25, -0.2) is 0 Å². The molecule has 0 radical (unpaired) electrons. The number of carbonyl (C=O) groups is 1. The van der Waals surface area contributed by atoms with Gasteiger partial charge < -0.3 is 0 Å². The van der Waals surface area contributed by atoms with Crippen LogP contribution in [0.3, 0.4) is 0 Å². The molecule has 2 atom stereocenters. The predicted molar refractivity (Wildman–Crippen MR) is 62.6 cm³/mol.